The van der Waals surface area contributed by atoms with Crippen molar-refractivity contribution in [2.24, 2.45) is 0 Å². The van der Waals surface area contributed by atoms with Crippen LogP contribution in [0.2, 0.25) is 0 Å². The Morgan fingerprint density at radius 3 is 3.05 bits per heavy atom. The lowest BCUT2D eigenvalue weighted by Gasteiger charge is -2.21. The van der Waals surface area contributed by atoms with Crippen LogP contribution >= 0.6 is 11.3 Å². The minimum Gasteiger partial charge on any atom is -0.313 e. The van der Waals surface area contributed by atoms with E-state index < -0.39 is 0 Å². The maximum absolute atomic E-state index is 13.9. The van der Waals surface area contributed by atoms with Crippen LogP contribution < -0.4 is 5.32 Å². The van der Waals surface area contributed by atoms with Gasteiger partial charge in [0.25, 0.3) is 0 Å². The Morgan fingerprint density at radius 2 is 2.24 bits per heavy atom. The van der Waals surface area contributed by atoms with Crippen LogP contribution in [0.25, 0.3) is 10.7 Å². The first-order chi connectivity index (χ1) is 10.3. The van der Waals surface area contributed by atoms with Crippen LogP contribution in [0.4, 0.5) is 4.39 Å². The van der Waals surface area contributed by atoms with E-state index >= 15 is 0 Å². The van der Waals surface area contributed by atoms with Crippen molar-refractivity contribution >= 4 is 11.3 Å². The molecule has 1 N–H and O–H groups in total. The highest BCUT2D eigenvalue weighted by Crippen LogP contribution is 2.38. The van der Waals surface area contributed by atoms with Crippen LogP contribution in [0.1, 0.15) is 42.2 Å². The molecule has 0 amide bonds. The molecule has 0 bridgehead atoms. The van der Waals surface area contributed by atoms with E-state index in [0.717, 1.165) is 24.0 Å². The van der Waals surface area contributed by atoms with Crippen molar-refractivity contribution in [3.8, 4) is 10.7 Å². The minimum absolute atomic E-state index is 0.281. The molecule has 21 heavy (non-hydrogen) atoms. The Morgan fingerprint density at radius 1 is 1.33 bits per heavy atom. The Hall–Kier alpha value is -1.33. The lowest BCUT2D eigenvalue weighted by atomic mass is 9.91. The van der Waals surface area contributed by atoms with E-state index in [1.807, 2.05) is 0 Å². The summed E-state index contributed by atoms with van der Waals surface area (Å²) in [6, 6.07) is 3.80. The number of pyridine rings is 1. The largest absolute Gasteiger partial charge is 0.313 e. The van der Waals surface area contributed by atoms with E-state index in [0.29, 0.717) is 11.6 Å². The zero-order chi connectivity index (χ0) is 14.2. The fourth-order valence-corrected chi connectivity index (χ4v) is 4.13. The van der Waals surface area contributed by atoms with Gasteiger partial charge in [0.1, 0.15) is 10.7 Å². The molecule has 0 radical (unpaired) electrons. The number of nitrogens with zero attached hydrogens (tertiary/aromatic N) is 2. The van der Waals surface area contributed by atoms with Gasteiger partial charge in [0.05, 0.1) is 5.69 Å². The number of hydrogen-bond acceptors (Lipinski definition) is 4. The SMILES string of the molecule is Fc1cccnc1-c1nc2c(s1)CCCC2CNC1CC1. The van der Waals surface area contributed by atoms with Crippen LogP contribution in [0.15, 0.2) is 18.3 Å². The van der Waals surface area contributed by atoms with Crippen LogP contribution in [-0.4, -0.2) is 22.6 Å². The van der Waals surface area contributed by atoms with Crippen molar-refractivity contribution in [1.82, 2.24) is 15.3 Å². The average Bonchev–Trinajstić information content (AvgIpc) is 3.22. The Bertz CT molecular complexity index is 651. The molecule has 0 aliphatic heterocycles. The number of thiazole rings is 1. The first-order valence-electron chi connectivity index (χ1n) is 7.65. The third-order valence-electron chi connectivity index (χ3n) is 4.26. The maximum atomic E-state index is 13.9. The quantitative estimate of drug-likeness (QED) is 0.939. The molecule has 1 saturated carbocycles. The van der Waals surface area contributed by atoms with Crippen LogP contribution in [0, 0.1) is 5.82 Å². The minimum atomic E-state index is -0.281. The summed E-state index contributed by atoms with van der Waals surface area (Å²) in [7, 11) is 0. The van der Waals surface area contributed by atoms with E-state index in [4.69, 9.17) is 4.98 Å². The van der Waals surface area contributed by atoms with Gasteiger partial charge in [-0.15, -0.1) is 11.3 Å². The van der Waals surface area contributed by atoms with Gasteiger partial charge in [0.15, 0.2) is 5.82 Å². The molecule has 1 atom stereocenters. The summed E-state index contributed by atoms with van der Waals surface area (Å²) in [5.41, 5.74) is 1.57. The van der Waals surface area contributed by atoms with Gasteiger partial charge in [-0.1, -0.05) is 0 Å². The highest BCUT2D eigenvalue weighted by Gasteiger charge is 2.28. The first-order valence-corrected chi connectivity index (χ1v) is 8.47. The Balaban J connectivity index is 1.62. The van der Waals surface area contributed by atoms with E-state index in [-0.39, 0.29) is 5.82 Å². The molecule has 3 nitrogen and oxygen atoms in total. The van der Waals surface area contributed by atoms with Crippen molar-refractivity contribution in [2.45, 2.75) is 44.1 Å². The van der Waals surface area contributed by atoms with Crippen LogP contribution in [0.5, 0.6) is 0 Å². The van der Waals surface area contributed by atoms with Gasteiger partial charge >= 0.3 is 0 Å². The molecule has 2 heterocycles. The standard InChI is InChI=1S/C16H18FN3S/c17-12-4-2-8-18-15(12)16-20-14-10(9-19-11-6-7-11)3-1-5-13(14)21-16/h2,4,8,10-11,19H,1,3,5-7,9H2. The molecule has 1 fully saturated rings. The van der Waals surface area contributed by atoms with Gasteiger partial charge in [-0.25, -0.2) is 9.37 Å². The van der Waals surface area contributed by atoms with Crippen molar-refractivity contribution in [1.29, 1.82) is 0 Å². The van der Waals surface area contributed by atoms with E-state index in [2.05, 4.69) is 10.3 Å². The summed E-state index contributed by atoms with van der Waals surface area (Å²) < 4.78 is 13.9. The molecule has 0 saturated heterocycles. The van der Waals surface area contributed by atoms with Gasteiger partial charge in [-0.3, -0.25) is 4.98 Å². The smallest absolute Gasteiger partial charge is 0.151 e. The fourth-order valence-electron chi connectivity index (χ4n) is 2.95. The van der Waals surface area contributed by atoms with Crippen LogP contribution in [0.3, 0.4) is 0 Å². The molecule has 4 rings (SSSR count). The van der Waals surface area contributed by atoms with Gasteiger partial charge in [-0.2, -0.15) is 0 Å². The molecule has 2 aromatic heterocycles. The predicted molar refractivity (Wildman–Crippen MR) is 82.0 cm³/mol. The number of rotatable bonds is 4. The summed E-state index contributed by atoms with van der Waals surface area (Å²) in [6.07, 6.45) is 7.70. The zero-order valence-corrected chi connectivity index (χ0v) is 12.6. The van der Waals surface area contributed by atoms with Crippen LogP contribution in [-0.2, 0) is 6.42 Å². The topological polar surface area (TPSA) is 37.8 Å². The fraction of sp³-hybridized carbons (Fsp3) is 0.500. The normalized spacial score (nSPS) is 21.3. The van der Waals surface area contributed by atoms with E-state index in [1.54, 1.807) is 23.6 Å². The van der Waals surface area contributed by atoms with Crippen molar-refractivity contribution in [3.05, 3.63) is 34.7 Å². The number of halogens is 1. The van der Waals surface area contributed by atoms with Crippen molar-refractivity contribution in [3.63, 3.8) is 0 Å². The molecular weight excluding hydrogens is 285 g/mol. The van der Waals surface area contributed by atoms with Gasteiger partial charge in [-0.05, 0) is 44.2 Å². The van der Waals surface area contributed by atoms with Crippen molar-refractivity contribution < 1.29 is 4.39 Å². The Kier molecular flexibility index (Phi) is 3.47. The zero-order valence-electron chi connectivity index (χ0n) is 11.8. The number of aryl methyl sites for hydroxylation is 1. The molecule has 1 unspecified atom stereocenters. The molecular formula is C16H18FN3S. The van der Waals surface area contributed by atoms with Gasteiger partial charge in [0, 0.05) is 29.6 Å². The first kappa shape index (κ1) is 13.3. The maximum Gasteiger partial charge on any atom is 0.151 e. The highest BCUT2D eigenvalue weighted by atomic mass is 32.1. The highest BCUT2D eigenvalue weighted by molar-refractivity contribution is 7.15. The summed E-state index contributed by atoms with van der Waals surface area (Å²) in [5.74, 6) is 0.197. The number of fused-ring (bicyclic) bond motifs is 1. The number of hydrogen-bond donors (Lipinski definition) is 1. The van der Waals surface area contributed by atoms with E-state index in [9.17, 15) is 4.39 Å². The van der Waals surface area contributed by atoms with Gasteiger partial charge in [0.2, 0.25) is 0 Å². The Labute approximate surface area is 127 Å². The molecule has 110 valence electrons. The third-order valence-corrected chi connectivity index (χ3v) is 5.40. The third kappa shape index (κ3) is 2.72. The summed E-state index contributed by atoms with van der Waals surface area (Å²) >= 11 is 1.61. The number of nitrogens with one attached hydrogen (secondary N) is 1. The average molecular weight is 303 g/mol. The molecule has 0 aromatic carbocycles. The molecule has 5 heteroatoms. The van der Waals surface area contributed by atoms with Crippen molar-refractivity contribution in [2.75, 3.05) is 6.54 Å². The van der Waals surface area contributed by atoms with E-state index in [1.165, 1.54) is 42.3 Å². The second-order valence-corrected chi connectivity index (χ2v) is 7.02. The molecule has 2 aliphatic carbocycles. The summed E-state index contributed by atoms with van der Waals surface area (Å²) in [6.45, 7) is 1.01. The lowest BCUT2D eigenvalue weighted by molar-refractivity contribution is 0.500. The monoisotopic (exact) mass is 303 g/mol. The second kappa shape index (κ2) is 5.46. The number of aromatic nitrogens is 2. The lowest BCUT2D eigenvalue weighted by Crippen LogP contribution is -2.25. The molecule has 0 spiro atoms. The summed E-state index contributed by atoms with van der Waals surface area (Å²) in [4.78, 5) is 10.2. The molecule has 2 aliphatic rings. The second-order valence-electron chi connectivity index (χ2n) is 5.93. The predicted octanol–water partition coefficient (Wildman–Crippen LogP) is 3.52. The van der Waals surface area contributed by atoms with Gasteiger partial charge < -0.3 is 5.32 Å². The summed E-state index contributed by atoms with van der Waals surface area (Å²) in [5, 5.41) is 4.34. The molecule has 2 aromatic rings.